The van der Waals surface area contributed by atoms with Crippen LogP contribution in [-0.2, 0) is 0 Å². The standard InChI is InChI=1S/C7H7FN2O/c1-9-7(11)5-2-6(8)4-10-3-5/h2-4H,1H3,(H,9,11). The fourth-order valence-electron chi connectivity index (χ4n) is 0.680. The van der Waals surface area contributed by atoms with E-state index in [2.05, 4.69) is 10.3 Å². The van der Waals surface area contributed by atoms with Crippen LogP contribution in [0.1, 0.15) is 10.4 Å². The van der Waals surface area contributed by atoms with Gasteiger partial charge in [0.1, 0.15) is 5.82 Å². The number of hydrogen-bond donors (Lipinski definition) is 1. The predicted molar refractivity (Wildman–Crippen MR) is 37.6 cm³/mol. The molecule has 4 heteroatoms. The monoisotopic (exact) mass is 154 g/mol. The molecule has 0 radical (unpaired) electrons. The Labute approximate surface area is 63.3 Å². The lowest BCUT2D eigenvalue weighted by atomic mass is 10.3. The fourth-order valence-corrected chi connectivity index (χ4v) is 0.680. The highest BCUT2D eigenvalue weighted by molar-refractivity contribution is 5.93. The van der Waals surface area contributed by atoms with Gasteiger partial charge >= 0.3 is 0 Å². The van der Waals surface area contributed by atoms with Crippen molar-refractivity contribution in [1.29, 1.82) is 0 Å². The zero-order chi connectivity index (χ0) is 8.27. The predicted octanol–water partition coefficient (Wildman–Crippen LogP) is 0.580. The van der Waals surface area contributed by atoms with Crippen molar-refractivity contribution in [3.63, 3.8) is 0 Å². The molecule has 1 amide bonds. The quantitative estimate of drug-likeness (QED) is 0.642. The molecule has 0 saturated carbocycles. The molecule has 0 aromatic carbocycles. The molecule has 0 aliphatic heterocycles. The van der Waals surface area contributed by atoms with Gasteiger partial charge in [-0.1, -0.05) is 0 Å². The van der Waals surface area contributed by atoms with Gasteiger partial charge in [0.25, 0.3) is 5.91 Å². The van der Waals surface area contributed by atoms with E-state index in [0.717, 1.165) is 12.3 Å². The number of halogens is 1. The Morgan fingerprint density at radius 3 is 2.91 bits per heavy atom. The van der Waals surface area contributed by atoms with Crippen LogP contribution in [0, 0.1) is 5.82 Å². The van der Waals surface area contributed by atoms with E-state index in [9.17, 15) is 9.18 Å². The SMILES string of the molecule is CNC(=O)c1cncc(F)c1. The van der Waals surface area contributed by atoms with Gasteiger partial charge in [-0.2, -0.15) is 0 Å². The molecular formula is C7H7FN2O. The third kappa shape index (κ3) is 1.73. The number of pyridine rings is 1. The first kappa shape index (κ1) is 7.65. The molecule has 0 bridgehead atoms. The molecule has 1 rings (SSSR count). The Bertz CT molecular complexity index is 275. The van der Waals surface area contributed by atoms with E-state index < -0.39 is 5.82 Å². The van der Waals surface area contributed by atoms with Crippen LogP contribution in [-0.4, -0.2) is 17.9 Å². The highest BCUT2D eigenvalue weighted by atomic mass is 19.1. The van der Waals surface area contributed by atoms with Crippen LogP contribution >= 0.6 is 0 Å². The van der Waals surface area contributed by atoms with E-state index in [4.69, 9.17) is 0 Å². The maximum Gasteiger partial charge on any atom is 0.252 e. The average Bonchev–Trinajstić information content (AvgIpc) is 2.03. The number of carbonyl (C=O) groups is 1. The summed E-state index contributed by atoms with van der Waals surface area (Å²) in [6.07, 6.45) is 2.36. The second kappa shape index (κ2) is 3.09. The molecule has 1 N–H and O–H groups in total. The Morgan fingerprint density at radius 1 is 1.64 bits per heavy atom. The van der Waals surface area contributed by atoms with Gasteiger partial charge in [0.15, 0.2) is 0 Å². The molecule has 0 aliphatic carbocycles. The Kier molecular flexibility index (Phi) is 2.15. The van der Waals surface area contributed by atoms with Gasteiger partial charge in [-0.3, -0.25) is 9.78 Å². The zero-order valence-corrected chi connectivity index (χ0v) is 5.97. The maximum absolute atomic E-state index is 12.4. The topological polar surface area (TPSA) is 42.0 Å². The van der Waals surface area contributed by atoms with Crippen molar-refractivity contribution in [1.82, 2.24) is 10.3 Å². The zero-order valence-electron chi connectivity index (χ0n) is 5.97. The number of amides is 1. The Balaban J connectivity index is 2.96. The van der Waals surface area contributed by atoms with Crippen molar-refractivity contribution in [3.8, 4) is 0 Å². The van der Waals surface area contributed by atoms with E-state index in [1.54, 1.807) is 0 Å². The molecule has 0 atom stereocenters. The Hall–Kier alpha value is -1.45. The van der Waals surface area contributed by atoms with Crippen molar-refractivity contribution in [2.75, 3.05) is 7.05 Å². The molecule has 3 nitrogen and oxygen atoms in total. The van der Waals surface area contributed by atoms with Crippen molar-refractivity contribution in [2.24, 2.45) is 0 Å². The van der Waals surface area contributed by atoms with Gasteiger partial charge in [0, 0.05) is 13.2 Å². The van der Waals surface area contributed by atoms with Crippen LogP contribution in [0.5, 0.6) is 0 Å². The molecule has 1 aromatic rings. The van der Waals surface area contributed by atoms with Gasteiger partial charge in [-0.05, 0) is 6.07 Å². The van der Waals surface area contributed by atoms with E-state index in [1.165, 1.54) is 13.2 Å². The van der Waals surface area contributed by atoms with Crippen LogP contribution in [0.2, 0.25) is 0 Å². The first-order valence-electron chi connectivity index (χ1n) is 3.06. The molecule has 0 spiro atoms. The Morgan fingerprint density at radius 2 is 2.36 bits per heavy atom. The normalized spacial score (nSPS) is 9.27. The van der Waals surface area contributed by atoms with Crippen molar-refractivity contribution < 1.29 is 9.18 Å². The molecule has 0 aliphatic rings. The van der Waals surface area contributed by atoms with E-state index in [0.29, 0.717) is 0 Å². The molecule has 0 saturated heterocycles. The van der Waals surface area contributed by atoms with E-state index in [-0.39, 0.29) is 11.5 Å². The summed E-state index contributed by atoms with van der Waals surface area (Å²) in [6, 6.07) is 1.13. The van der Waals surface area contributed by atoms with Crippen molar-refractivity contribution in [3.05, 3.63) is 29.8 Å². The van der Waals surface area contributed by atoms with Crippen LogP contribution in [0.15, 0.2) is 18.5 Å². The number of aromatic nitrogens is 1. The second-order valence-electron chi connectivity index (χ2n) is 1.97. The summed E-state index contributed by atoms with van der Waals surface area (Å²) in [7, 11) is 1.48. The lowest BCUT2D eigenvalue weighted by molar-refractivity contribution is 0.0962. The number of nitrogens with zero attached hydrogens (tertiary/aromatic N) is 1. The van der Waals surface area contributed by atoms with Gasteiger partial charge in [0.05, 0.1) is 11.8 Å². The van der Waals surface area contributed by atoms with E-state index >= 15 is 0 Å². The highest BCUT2D eigenvalue weighted by Crippen LogP contribution is 1.99. The first-order valence-corrected chi connectivity index (χ1v) is 3.06. The molecule has 58 valence electrons. The van der Waals surface area contributed by atoms with Crippen LogP contribution < -0.4 is 5.32 Å². The van der Waals surface area contributed by atoms with Crippen LogP contribution in [0.4, 0.5) is 4.39 Å². The largest absolute Gasteiger partial charge is 0.355 e. The number of hydrogen-bond acceptors (Lipinski definition) is 2. The minimum absolute atomic E-state index is 0.229. The minimum Gasteiger partial charge on any atom is -0.355 e. The third-order valence-electron chi connectivity index (χ3n) is 1.19. The van der Waals surface area contributed by atoms with Crippen molar-refractivity contribution >= 4 is 5.91 Å². The molecule has 1 aromatic heterocycles. The summed E-state index contributed by atoms with van der Waals surface area (Å²) in [5, 5.41) is 2.36. The molecule has 0 fully saturated rings. The fraction of sp³-hybridized carbons (Fsp3) is 0.143. The smallest absolute Gasteiger partial charge is 0.252 e. The van der Waals surface area contributed by atoms with Gasteiger partial charge < -0.3 is 5.32 Å². The average molecular weight is 154 g/mol. The van der Waals surface area contributed by atoms with Gasteiger partial charge in [-0.15, -0.1) is 0 Å². The second-order valence-corrected chi connectivity index (χ2v) is 1.97. The summed E-state index contributed by atoms with van der Waals surface area (Å²) in [5.74, 6) is -0.844. The van der Waals surface area contributed by atoms with Crippen LogP contribution in [0.25, 0.3) is 0 Å². The summed E-state index contributed by atoms with van der Waals surface area (Å²) in [4.78, 5) is 14.4. The number of carbonyl (C=O) groups excluding carboxylic acids is 1. The molecule has 0 unspecified atom stereocenters. The number of nitrogens with one attached hydrogen (secondary N) is 1. The molecule has 11 heavy (non-hydrogen) atoms. The minimum atomic E-state index is -0.508. The summed E-state index contributed by atoms with van der Waals surface area (Å²) >= 11 is 0. The lowest BCUT2D eigenvalue weighted by Gasteiger charge is -1.96. The van der Waals surface area contributed by atoms with Gasteiger partial charge in [-0.25, -0.2) is 4.39 Å². The van der Waals surface area contributed by atoms with Crippen molar-refractivity contribution in [2.45, 2.75) is 0 Å². The van der Waals surface area contributed by atoms with E-state index in [1.807, 2.05) is 0 Å². The van der Waals surface area contributed by atoms with Gasteiger partial charge in [0.2, 0.25) is 0 Å². The maximum atomic E-state index is 12.4. The molecular weight excluding hydrogens is 147 g/mol. The molecule has 1 heterocycles. The summed E-state index contributed by atoms with van der Waals surface area (Å²) in [6.45, 7) is 0. The summed E-state index contributed by atoms with van der Waals surface area (Å²) in [5.41, 5.74) is 0.229. The van der Waals surface area contributed by atoms with Crippen LogP contribution in [0.3, 0.4) is 0 Å². The number of rotatable bonds is 1. The first-order chi connectivity index (χ1) is 5.24. The summed E-state index contributed by atoms with van der Waals surface area (Å²) < 4.78 is 12.4. The third-order valence-corrected chi connectivity index (χ3v) is 1.19. The lowest BCUT2D eigenvalue weighted by Crippen LogP contribution is -2.17. The highest BCUT2D eigenvalue weighted by Gasteiger charge is 2.02.